The minimum Gasteiger partial charge on any atom is -0.431 e. The van der Waals surface area contributed by atoms with Gasteiger partial charge in [0.2, 0.25) is 0 Å². The van der Waals surface area contributed by atoms with E-state index in [2.05, 4.69) is 20.5 Å². The van der Waals surface area contributed by atoms with Crippen LogP contribution in [0.25, 0.3) is 6.01 Å². The number of hydrogen-bond donors (Lipinski definition) is 0. The van der Waals surface area contributed by atoms with Crippen molar-refractivity contribution in [1.82, 2.24) is 25.2 Å². The van der Waals surface area contributed by atoms with E-state index >= 15 is 0 Å². The highest BCUT2D eigenvalue weighted by Crippen LogP contribution is 1.97. The highest BCUT2D eigenvalue weighted by Gasteiger charge is 1.99. The Labute approximate surface area is 55.5 Å². The summed E-state index contributed by atoms with van der Waals surface area (Å²) in [5.74, 6) is 0. The fraction of sp³-hybridized carbons (Fsp3) is 0. The third-order valence-corrected chi connectivity index (χ3v) is 0.964. The Morgan fingerprint density at radius 1 is 1.50 bits per heavy atom. The van der Waals surface area contributed by atoms with Crippen molar-refractivity contribution in [3.05, 3.63) is 18.8 Å². The molecule has 0 aliphatic heterocycles. The lowest BCUT2D eigenvalue weighted by atomic mass is 11.0. The second-order valence-electron chi connectivity index (χ2n) is 1.57. The van der Waals surface area contributed by atoms with Crippen LogP contribution in [0.1, 0.15) is 0 Å². The van der Waals surface area contributed by atoms with Crippen LogP contribution in [0.2, 0.25) is 0 Å². The zero-order valence-electron chi connectivity index (χ0n) is 4.88. The largest absolute Gasteiger partial charge is 0.431 e. The molecule has 0 radical (unpaired) electrons. The average Bonchev–Trinajstić information content (AvgIpc) is 2.59. The monoisotopic (exact) mass is 137 g/mol. The molecule has 2 aromatic rings. The maximum Gasteiger partial charge on any atom is 0.325 e. The molecule has 0 saturated heterocycles. The van der Waals surface area contributed by atoms with E-state index in [0.29, 0.717) is 6.01 Å². The molecular formula is C4H3N5O. The van der Waals surface area contributed by atoms with Crippen molar-refractivity contribution in [3.63, 3.8) is 0 Å². The molecule has 0 atom stereocenters. The van der Waals surface area contributed by atoms with Crippen LogP contribution in [0.15, 0.2) is 23.2 Å². The van der Waals surface area contributed by atoms with Gasteiger partial charge < -0.3 is 4.42 Å². The minimum absolute atomic E-state index is 0.366. The normalized spacial score (nSPS) is 10.0. The zero-order valence-corrected chi connectivity index (χ0v) is 4.88. The van der Waals surface area contributed by atoms with E-state index in [1.807, 2.05) is 0 Å². The van der Waals surface area contributed by atoms with Gasteiger partial charge >= 0.3 is 6.01 Å². The molecule has 6 heteroatoms. The molecule has 0 N–H and O–H groups in total. The van der Waals surface area contributed by atoms with Gasteiger partial charge in [0.1, 0.15) is 12.6 Å². The number of tetrazole rings is 1. The number of oxazole rings is 1. The van der Waals surface area contributed by atoms with Crippen molar-refractivity contribution in [2.24, 2.45) is 0 Å². The average molecular weight is 137 g/mol. The molecule has 0 unspecified atom stereocenters. The van der Waals surface area contributed by atoms with E-state index in [1.54, 1.807) is 0 Å². The molecule has 2 rings (SSSR count). The first-order valence-corrected chi connectivity index (χ1v) is 2.59. The van der Waals surface area contributed by atoms with Gasteiger partial charge in [-0.05, 0) is 10.4 Å². The first kappa shape index (κ1) is 5.10. The van der Waals surface area contributed by atoms with E-state index in [9.17, 15) is 0 Å². The molecule has 0 bridgehead atoms. The van der Waals surface area contributed by atoms with Gasteiger partial charge in [0, 0.05) is 0 Å². The molecule has 0 aromatic carbocycles. The lowest BCUT2D eigenvalue weighted by Crippen LogP contribution is -1.93. The fourth-order valence-corrected chi connectivity index (χ4v) is 0.578. The summed E-state index contributed by atoms with van der Waals surface area (Å²) < 4.78 is 6.22. The van der Waals surface area contributed by atoms with Crippen molar-refractivity contribution < 1.29 is 4.42 Å². The Bertz CT molecular complexity index is 253. The van der Waals surface area contributed by atoms with E-state index in [4.69, 9.17) is 4.42 Å². The first-order valence-electron chi connectivity index (χ1n) is 2.59. The molecule has 0 spiro atoms. The van der Waals surface area contributed by atoms with Crippen LogP contribution < -0.4 is 0 Å². The van der Waals surface area contributed by atoms with Gasteiger partial charge in [-0.25, -0.2) is 4.98 Å². The number of rotatable bonds is 1. The predicted molar refractivity (Wildman–Crippen MR) is 29.2 cm³/mol. The molecular weight excluding hydrogens is 134 g/mol. The first-order chi connectivity index (χ1) is 4.97. The second kappa shape index (κ2) is 1.90. The summed E-state index contributed by atoms with van der Waals surface area (Å²) in [6, 6.07) is 0.366. The summed E-state index contributed by atoms with van der Waals surface area (Å²) in [7, 11) is 0. The summed E-state index contributed by atoms with van der Waals surface area (Å²) in [4.78, 5) is 3.81. The molecule has 50 valence electrons. The van der Waals surface area contributed by atoms with Gasteiger partial charge in [-0.1, -0.05) is 0 Å². The lowest BCUT2D eigenvalue weighted by Gasteiger charge is -1.85. The van der Waals surface area contributed by atoms with Crippen LogP contribution in [0.5, 0.6) is 0 Å². The zero-order chi connectivity index (χ0) is 6.81. The summed E-state index contributed by atoms with van der Waals surface area (Å²) in [6.07, 6.45) is 4.39. The quantitative estimate of drug-likeness (QED) is 0.537. The van der Waals surface area contributed by atoms with Gasteiger partial charge in [0.15, 0.2) is 0 Å². The molecule has 0 aliphatic carbocycles. The SMILES string of the molecule is c1coc(-n2cnnn2)n1. The van der Waals surface area contributed by atoms with Crippen LogP contribution in [-0.2, 0) is 0 Å². The van der Waals surface area contributed by atoms with Crippen molar-refractivity contribution in [1.29, 1.82) is 0 Å². The number of hydrogen-bond acceptors (Lipinski definition) is 5. The Hall–Kier alpha value is -1.72. The smallest absolute Gasteiger partial charge is 0.325 e. The van der Waals surface area contributed by atoms with Crippen LogP contribution >= 0.6 is 0 Å². The van der Waals surface area contributed by atoms with Gasteiger partial charge in [0.05, 0.1) is 6.20 Å². The van der Waals surface area contributed by atoms with Gasteiger partial charge in [0.25, 0.3) is 0 Å². The number of aromatic nitrogens is 5. The topological polar surface area (TPSA) is 69.6 Å². The Morgan fingerprint density at radius 2 is 2.50 bits per heavy atom. The van der Waals surface area contributed by atoms with Gasteiger partial charge in [-0.2, -0.15) is 4.68 Å². The second-order valence-corrected chi connectivity index (χ2v) is 1.57. The van der Waals surface area contributed by atoms with E-state index in [1.165, 1.54) is 23.5 Å². The van der Waals surface area contributed by atoms with Crippen LogP contribution in [-0.4, -0.2) is 25.2 Å². The van der Waals surface area contributed by atoms with Crippen molar-refractivity contribution >= 4 is 0 Å². The minimum atomic E-state index is 0.366. The number of nitrogens with zero attached hydrogens (tertiary/aromatic N) is 5. The predicted octanol–water partition coefficient (Wildman–Crippen LogP) is -0.350. The maximum absolute atomic E-state index is 4.89. The molecule has 0 amide bonds. The standard InChI is InChI=1S/C4H3N5O/c1-2-10-4(5-1)9-3-6-7-8-9/h1-3H. The third-order valence-electron chi connectivity index (χ3n) is 0.964. The Morgan fingerprint density at radius 3 is 3.10 bits per heavy atom. The van der Waals surface area contributed by atoms with Crippen LogP contribution in [0.4, 0.5) is 0 Å². The Balaban J connectivity index is 2.48. The highest BCUT2D eigenvalue weighted by molar-refractivity contribution is 4.97. The van der Waals surface area contributed by atoms with Crippen LogP contribution in [0.3, 0.4) is 0 Å². The molecule has 2 aromatic heterocycles. The molecule has 0 fully saturated rings. The van der Waals surface area contributed by atoms with Crippen LogP contribution in [0, 0.1) is 0 Å². The fourth-order valence-electron chi connectivity index (χ4n) is 0.578. The molecule has 10 heavy (non-hydrogen) atoms. The molecule has 0 saturated carbocycles. The third kappa shape index (κ3) is 0.661. The van der Waals surface area contributed by atoms with Crippen molar-refractivity contribution in [2.75, 3.05) is 0 Å². The van der Waals surface area contributed by atoms with Gasteiger partial charge in [-0.15, -0.1) is 5.10 Å². The van der Waals surface area contributed by atoms with E-state index < -0.39 is 0 Å². The van der Waals surface area contributed by atoms with Crippen molar-refractivity contribution in [3.8, 4) is 6.01 Å². The van der Waals surface area contributed by atoms with E-state index in [0.717, 1.165) is 0 Å². The van der Waals surface area contributed by atoms with Crippen molar-refractivity contribution in [2.45, 2.75) is 0 Å². The molecule has 2 heterocycles. The highest BCUT2D eigenvalue weighted by atomic mass is 16.4. The van der Waals surface area contributed by atoms with E-state index in [-0.39, 0.29) is 0 Å². The van der Waals surface area contributed by atoms with Gasteiger partial charge in [-0.3, -0.25) is 0 Å². The Kier molecular flexibility index (Phi) is 0.970. The maximum atomic E-state index is 4.89. The molecule has 0 aliphatic rings. The molecule has 6 nitrogen and oxygen atoms in total. The summed E-state index contributed by atoms with van der Waals surface area (Å²) in [5, 5.41) is 10.4. The summed E-state index contributed by atoms with van der Waals surface area (Å²) >= 11 is 0. The summed E-state index contributed by atoms with van der Waals surface area (Å²) in [6.45, 7) is 0. The lowest BCUT2D eigenvalue weighted by molar-refractivity contribution is 0.504. The summed E-state index contributed by atoms with van der Waals surface area (Å²) in [5.41, 5.74) is 0.